The molecule has 1 aromatic heterocycles. The van der Waals surface area contributed by atoms with E-state index in [0.29, 0.717) is 0 Å². The topological polar surface area (TPSA) is 46.9 Å². The van der Waals surface area contributed by atoms with Crippen molar-refractivity contribution in [3.8, 4) is 0 Å². The summed E-state index contributed by atoms with van der Waals surface area (Å²) in [5.41, 5.74) is 3.30. The molecule has 1 amide bonds. The molecular formula is C17H22BrN3O. The zero-order valence-electron chi connectivity index (χ0n) is 13.4. The average Bonchev–Trinajstić information content (AvgIpc) is 2.84. The summed E-state index contributed by atoms with van der Waals surface area (Å²) in [6, 6.07) is 7.97. The second-order valence-corrected chi connectivity index (χ2v) is 6.43. The third kappa shape index (κ3) is 3.58. The van der Waals surface area contributed by atoms with Gasteiger partial charge in [-0.15, -0.1) is 0 Å². The van der Waals surface area contributed by atoms with Crippen molar-refractivity contribution in [3.63, 3.8) is 0 Å². The summed E-state index contributed by atoms with van der Waals surface area (Å²) in [6.07, 6.45) is 2.57. The van der Waals surface area contributed by atoms with Gasteiger partial charge in [0.15, 0.2) is 0 Å². The van der Waals surface area contributed by atoms with Crippen molar-refractivity contribution in [1.29, 1.82) is 0 Å². The van der Waals surface area contributed by atoms with Gasteiger partial charge >= 0.3 is 0 Å². The van der Waals surface area contributed by atoms with E-state index in [-0.39, 0.29) is 18.0 Å². The Hall–Kier alpha value is -1.62. The second-order valence-electron chi connectivity index (χ2n) is 5.58. The standard InChI is InChI=1S/C17H22BrN3O/c1-5-16(14-8-6-11(2)7-9-14)20-17(22)13(4)21-12(3)15(18)10-19-21/h6-10,13,16H,5H2,1-4H3,(H,20,22). The first-order valence-electron chi connectivity index (χ1n) is 7.50. The Morgan fingerprint density at radius 3 is 2.45 bits per heavy atom. The third-order valence-electron chi connectivity index (χ3n) is 3.94. The Morgan fingerprint density at radius 1 is 1.32 bits per heavy atom. The van der Waals surface area contributed by atoms with Crippen molar-refractivity contribution in [2.45, 2.75) is 46.2 Å². The molecule has 22 heavy (non-hydrogen) atoms. The molecule has 118 valence electrons. The number of benzene rings is 1. The van der Waals surface area contributed by atoms with Crippen LogP contribution in [0.4, 0.5) is 0 Å². The molecule has 0 aliphatic carbocycles. The number of nitrogens with zero attached hydrogens (tertiary/aromatic N) is 2. The average molecular weight is 364 g/mol. The van der Waals surface area contributed by atoms with Crippen molar-refractivity contribution in [3.05, 3.63) is 51.8 Å². The molecule has 0 bridgehead atoms. The number of amides is 1. The summed E-state index contributed by atoms with van der Waals surface area (Å²) < 4.78 is 2.65. The minimum atomic E-state index is -0.342. The van der Waals surface area contributed by atoms with Crippen LogP contribution in [0, 0.1) is 13.8 Å². The molecule has 0 radical (unpaired) electrons. The predicted octanol–water partition coefficient (Wildman–Crippen LogP) is 4.09. The lowest BCUT2D eigenvalue weighted by Gasteiger charge is -2.21. The zero-order valence-corrected chi connectivity index (χ0v) is 15.0. The number of nitrogens with one attached hydrogen (secondary N) is 1. The van der Waals surface area contributed by atoms with E-state index in [1.807, 2.05) is 13.8 Å². The quantitative estimate of drug-likeness (QED) is 0.869. The van der Waals surface area contributed by atoms with Crippen molar-refractivity contribution < 1.29 is 4.79 Å². The fourth-order valence-electron chi connectivity index (χ4n) is 2.42. The smallest absolute Gasteiger partial charge is 0.245 e. The van der Waals surface area contributed by atoms with Gasteiger partial charge in [0.1, 0.15) is 6.04 Å². The SMILES string of the molecule is CCC(NC(=O)C(C)n1ncc(Br)c1C)c1ccc(C)cc1. The van der Waals surface area contributed by atoms with Crippen LogP contribution < -0.4 is 5.32 Å². The maximum absolute atomic E-state index is 12.5. The summed E-state index contributed by atoms with van der Waals surface area (Å²) in [7, 11) is 0. The van der Waals surface area contributed by atoms with E-state index >= 15 is 0 Å². The molecule has 1 heterocycles. The van der Waals surface area contributed by atoms with E-state index in [9.17, 15) is 4.79 Å². The van der Waals surface area contributed by atoms with Gasteiger partial charge in [-0.05, 0) is 48.7 Å². The molecule has 2 aromatic rings. The van der Waals surface area contributed by atoms with Crippen LogP contribution in [0.2, 0.25) is 0 Å². The molecule has 2 atom stereocenters. The lowest BCUT2D eigenvalue weighted by molar-refractivity contribution is -0.125. The molecule has 2 rings (SSSR count). The molecule has 1 N–H and O–H groups in total. The van der Waals surface area contributed by atoms with Crippen LogP contribution in [-0.2, 0) is 4.79 Å². The van der Waals surface area contributed by atoms with Gasteiger partial charge in [-0.1, -0.05) is 36.8 Å². The van der Waals surface area contributed by atoms with Gasteiger partial charge in [0.25, 0.3) is 0 Å². The summed E-state index contributed by atoms with van der Waals surface area (Å²) in [5.74, 6) is -0.0221. The highest BCUT2D eigenvalue weighted by atomic mass is 79.9. The molecule has 4 nitrogen and oxygen atoms in total. The van der Waals surface area contributed by atoms with E-state index in [1.54, 1.807) is 10.9 Å². The van der Waals surface area contributed by atoms with Crippen molar-refractivity contribution in [1.82, 2.24) is 15.1 Å². The molecule has 5 heteroatoms. The first kappa shape index (κ1) is 16.7. The normalized spacial score (nSPS) is 13.7. The van der Waals surface area contributed by atoms with E-state index in [0.717, 1.165) is 22.2 Å². The second kappa shape index (κ2) is 7.09. The Kier molecular flexibility index (Phi) is 5.40. The fraction of sp³-hybridized carbons (Fsp3) is 0.412. The third-order valence-corrected chi connectivity index (χ3v) is 4.71. The van der Waals surface area contributed by atoms with Crippen LogP contribution in [0.1, 0.15) is 49.2 Å². The van der Waals surface area contributed by atoms with Gasteiger partial charge in [0, 0.05) is 0 Å². The minimum absolute atomic E-state index is 0.0221. The Morgan fingerprint density at radius 2 is 1.95 bits per heavy atom. The van der Waals surface area contributed by atoms with Crippen molar-refractivity contribution in [2.75, 3.05) is 0 Å². The molecule has 0 saturated carbocycles. The maximum Gasteiger partial charge on any atom is 0.245 e. The lowest BCUT2D eigenvalue weighted by atomic mass is 10.0. The fourth-order valence-corrected chi connectivity index (χ4v) is 2.69. The van der Waals surface area contributed by atoms with Crippen LogP contribution in [0.5, 0.6) is 0 Å². The van der Waals surface area contributed by atoms with Gasteiger partial charge in [0.2, 0.25) is 5.91 Å². The molecule has 0 aliphatic heterocycles. The van der Waals surface area contributed by atoms with Crippen molar-refractivity contribution in [2.24, 2.45) is 0 Å². The number of hydrogen-bond acceptors (Lipinski definition) is 2. The number of carbonyl (C=O) groups is 1. The summed E-state index contributed by atoms with van der Waals surface area (Å²) >= 11 is 3.43. The Bertz CT molecular complexity index is 648. The first-order chi connectivity index (χ1) is 10.4. The number of aryl methyl sites for hydroxylation is 1. The Labute approximate surface area is 140 Å². The van der Waals surface area contributed by atoms with Crippen LogP contribution in [0.25, 0.3) is 0 Å². The number of rotatable bonds is 5. The van der Waals surface area contributed by atoms with Crippen LogP contribution in [0.3, 0.4) is 0 Å². The van der Waals surface area contributed by atoms with Crippen LogP contribution >= 0.6 is 15.9 Å². The number of carbonyl (C=O) groups excluding carboxylic acids is 1. The highest BCUT2D eigenvalue weighted by Crippen LogP contribution is 2.21. The molecule has 0 aliphatic rings. The molecule has 1 aromatic carbocycles. The number of halogens is 1. The van der Waals surface area contributed by atoms with E-state index in [1.165, 1.54) is 5.56 Å². The molecular weight excluding hydrogens is 342 g/mol. The van der Waals surface area contributed by atoms with E-state index in [4.69, 9.17) is 0 Å². The molecule has 0 fully saturated rings. The van der Waals surface area contributed by atoms with Gasteiger partial charge in [-0.25, -0.2) is 0 Å². The maximum atomic E-state index is 12.5. The highest BCUT2D eigenvalue weighted by Gasteiger charge is 2.21. The summed E-state index contributed by atoms with van der Waals surface area (Å²) in [6.45, 7) is 7.94. The minimum Gasteiger partial charge on any atom is -0.347 e. The van der Waals surface area contributed by atoms with Crippen molar-refractivity contribution >= 4 is 21.8 Å². The predicted molar refractivity (Wildman–Crippen MR) is 91.7 cm³/mol. The monoisotopic (exact) mass is 363 g/mol. The van der Waals surface area contributed by atoms with Crippen LogP contribution in [0.15, 0.2) is 34.9 Å². The Balaban J connectivity index is 2.12. The highest BCUT2D eigenvalue weighted by molar-refractivity contribution is 9.10. The van der Waals surface area contributed by atoms with E-state index in [2.05, 4.69) is 64.5 Å². The largest absolute Gasteiger partial charge is 0.347 e. The first-order valence-corrected chi connectivity index (χ1v) is 8.29. The van der Waals surface area contributed by atoms with Gasteiger partial charge in [0.05, 0.1) is 22.4 Å². The summed E-state index contributed by atoms with van der Waals surface area (Å²) in [4.78, 5) is 12.5. The number of hydrogen-bond donors (Lipinski definition) is 1. The van der Waals surface area contributed by atoms with Gasteiger partial charge in [-0.3, -0.25) is 9.48 Å². The lowest BCUT2D eigenvalue weighted by Crippen LogP contribution is -2.34. The van der Waals surface area contributed by atoms with Gasteiger partial charge < -0.3 is 5.32 Å². The number of aromatic nitrogens is 2. The summed E-state index contributed by atoms with van der Waals surface area (Å²) in [5, 5.41) is 7.38. The zero-order chi connectivity index (χ0) is 16.3. The molecule has 0 spiro atoms. The van der Waals surface area contributed by atoms with Gasteiger partial charge in [-0.2, -0.15) is 5.10 Å². The van der Waals surface area contributed by atoms with Crippen LogP contribution in [-0.4, -0.2) is 15.7 Å². The van der Waals surface area contributed by atoms with E-state index < -0.39 is 0 Å². The molecule has 2 unspecified atom stereocenters. The molecule has 0 saturated heterocycles.